The third kappa shape index (κ3) is 3.08. The second-order valence-electron chi connectivity index (χ2n) is 5.92. The molecule has 0 unspecified atom stereocenters. The summed E-state index contributed by atoms with van der Waals surface area (Å²) in [4.78, 5) is 29.8. The first-order valence-corrected chi connectivity index (χ1v) is 8.18. The Kier molecular flexibility index (Phi) is 4.71. The van der Waals surface area contributed by atoms with Crippen molar-refractivity contribution in [2.24, 2.45) is 19.8 Å². The van der Waals surface area contributed by atoms with Crippen LogP contribution in [0.3, 0.4) is 0 Å². The number of hydrogen-bond donors (Lipinski definition) is 2. The number of hydrogen-bond acceptors (Lipinski definition) is 5. The van der Waals surface area contributed by atoms with E-state index in [9.17, 15) is 9.59 Å². The minimum Gasteiger partial charge on any atom is -0.354 e. The van der Waals surface area contributed by atoms with Crippen molar-refractivity contribution in [3.63, 3.8) is 0 Å². The molecule has 1 aromatic carbocycles. The number of nitrogens with one attached hydrogen (secondary N) is 1. The Morgan fingerprint density at radius 1 is 1.12 bits per heavy atom. The van der Waals surface area contributed by atoms with E-state index in [2.05, 4.69) is 10.3 Å². The summed E-state index contributed by atoms with van der Waals surface area (Å²) in [5.74, 6) is 0.522. The lowest BCUT2D eigenvalue weighted by Crippen LogP contribution is -2.40. The molecule has 0 aliphatic rings. The second kappa shape index (κ2) is 6.94. The van der Waals surface area contributed by atoms with Crippen molar-refractivity contribution in [3.8, 4) is 0 Å². The van der Waals surface area contributed by atoms with Crippen LogP contribution in [-0.2, 0) is 27.1 Å². The van der Waals surface area contributed by atoms with Gasteiger partial charge in [-0.1, -0.05) is 30.3 Å². The summed E-state index contributed by atoms with van der Waals surface area (Å²) in [5.41, 5.74) is 6.65. The van der Waals surface area contributed by atoms with Crippen LogP contribution in [0, 0.1) is 0 Å². The average Bonchev–Trinajstić information content (AvgIpc) is 2.95. The molecule has 0 aliphatic carbocycles. The summed E-state index contributed by atoms with van der Waals surface area (Å²) in [7, 11) is 3.38. The lowest BCUT2D eigenvalue weighted by molar-refractivity contribution is 0.601. The lowest BCUT2D eigenvalue weighted by Gasteiger charge is -2.08. The molecule has 0 fully saturated rings. The van der Waals surface area contributed by atoms with E-state index in [1.807, 2.05) is 30.3 Å². The number of nitrogens with zero attached hydrogens (tertiary/aromatic N) is 4. The van der Waals surface area contributed by atoms with Crippen molar-refractivity contribution < 1.29 is 0 Å². The number of aryl methyl sites for hydroxylation is 3. The van der Waals surface area contributed by atoms with Crippen LogP contribution in [0.5, 0.6) is 0 Å². The number of anilines is 1. The van der Waals surface area contributed by atoms with Crippen molar-refractivity contribution in [2.75, 3.05) is 18.4 Å². The number of fused-ring (bicyclic) bond motifs is 1. The molecular weight excluding hydrogens is 320 g/mol. The zero-order valence-corrected chi connectivity index (χ0v) is 14.4. The van der Waals surface area contributed by atoms with E-state index < -0.39 is 0 Å². The van der Waals surface area contributed by atoms with Gasteiger partial charge in [0.05, 0.1) is 0 Å². The number of nitrogens with two attached hydrogens (primary N) is 1. The van der Waals surface area contributed by atoms with Gasteiger partial charge in [0.2, 0.25) is 5.95 Å². The monoisotopic (exact) mass is 342 g/mol. The highest BCUT2D eigenvalue weighted by Crippen LogP contribution is 2.13. The summed E-state index contributed by atoms with van der Waals surface area (Å²) in [6.45, 7) is 1.30. The maximum Gasteiger partial charge on any atom is 0.332 e. The van der Waals surface area contributed by atoms with Crippen LogP contribution >= 0.6 is 0 Å². The van der Waals surface area contributed by atoms with Crippen molar-refractivity contribution in [1.29, 1.82) is 0 Å². The van der Waals surface area contributed by atoms with Crippen LogP contribution in [-0.4, -0.2) is 31.8 Å². The van der Waals surface area contributed by atoms with Gasteiger partial charge in [-0.25, -0.2) is 4.79 Å². The molecule has 8 heteroatoms. The summed E-state index contributed by atoms with van der Waals surface area (Å²) in [6.07, 6.45) is 0.609. The van der Waals surface area contributed by atoms with Crippen molar-refractivity contribution in [3.05, 3.63) is 56.7 Å². The van der Waals surface area contributed by atoms with E-state index in [1.165, 1.54) is 9.13 Å². The van der Waals surface area contributed by atoms with Crippen LogP contribution in [0.4, 0.5) is 5.95 Å². The van der Waals surface area contributed by atoms with Crippen molar-refractivity contribution in [1.82, 2.24) is 18.7 Å². The number of benzene rings is 1. The summed E-state index contributed by atoms with van der Waals surface area (Å²) < 4.78 is 4.35. The Labute approximate surface area is 144 Å². The van der Waals surface area contributed by atoms with Gasteiger partial charge in [-0.2, -0.15) is 4.98 Å². The van der Waals surface area contributed by atoms with E-state index in [0.29, 0.717) is 43.2 Å². The fourth-order valence-electron chi connectivity index (χ4n) is 2.87. The molecule has 2 aromatic heterocycles. The quantitative estimate of drug-likeness (QED) is 0.659. The highest BCUT2D eigenvalue weighted by Gasteiger charge is 2.18. The molecule has 25 heavy (non-hydrogen) atoms. The summed E-state index contributed by atoms with van der Waals surface area (Å²) in [5, 5.41) is 3.07. The van der Waals surface area contributed by atoms with Crippen LogP contribution in [0.1, 0.15) is 5.56 Å². The predicted octanol–water partition coefficient (Wildman–Crippen LogP) is 0.0470. The van der Waals surface area contributed by atoms with Crippen LogP contribution in [0.25, 0.3) is 11.2 Å². The van der Waals surface area contributed by atoms with Crippen LogP contribution < -0.4 is 22.3 Å². The Morgan fingerprint density at radius 3 is 2.52 bits per heavy atom. The third-order valence-corrected chi connectivity index (χ3v) is 4.25. The molecule has 2 heterocycles. The third-order valence-electron chi connectivity index (χ3n) is 4.25. The Balaban J connectivity index is 2.06. The molecule has 8 nitrogen and oxygen atoms in total. The van der Waals surface area contributed by atoms with Crippen molar-refractivity contribution in [2.45, 2.75) is 13.0 Å². The first-order chi connectivity index (χ1) is 12.0. The van der Waals surface area contributed by atoms with Gasteiger partial charge < -0.3 is 15.6 Å². The zero-order valence-electron chi connectivity index (χ0n) is 14.4. The number of imidazole rings is 1. The molecule has 0 saturated carbocycles. The topological polar surface area (TPSA) is 99.9 Å². The molecule has 3 aromatic rings. The molecule has 0 amide bonds. The molecule has 0 atom stereocenters. The molecule has 0 spiro atoms. The van der Waals surface area contributed by atoms with Crippen molar-refractivity contribution >= 4 is 17.1 Å². The largest absolute Gasteiger partial charge is 0.354 e. The Morgan fingerprint density at radius 2 is 1.84 bits per heavy atom. The fraction of sp³-hybridized carbons (Fsp3) is 0.353. The van der Waals surface area contributed by atoms with E-state index in [0.717, 1.165) is 5.56 Å². The second-order valence-corrected chi connectivity index (χ2v) is 5.92. The molecular formula is C17H22N6O2. The van der Waals surface area contributed by atoms with Gasteiger partial charge in [0.15, 0.2) is 11.2 Å². The van der Waals surface area contributed by atoms with Gasteiger partial charge in [0.25, 0.3) is 5.56 Å². The smallest absolute Gasteiger partial charge is 0.332 e. The minimum atomic E-state index is -0.364. The van der Waals surface area contributed by atoms with Crippen LogP contribution in [0.2, 0.25) is 0 Å². The molecule has 0 bridgehead atoms. The maximum atomic E-state index is 12.9. The minimum absolute atomic E-state index is 0.322. The van der Waals surface area contributed by atoms with E-state index in [-0.39, 0.29) is 11.2 Å². The van der Waals surface area contributed by atoms with E-state index >= 15 is 0 Å². The lowest BCUT2D eigenvalue weighted by atomic mass is 10.1. The predicted molar refractivity (Wildman–Crippen MR) is 97.9 cm³/mol. The first kappa shape index (κ1) is 17.0. The molecule has 0 aliphatic heterocycles. The normalized spacial score (nSPS) is 11.2. The molecule has 3 rings (SSSR count). The van der Waals surface area contributed by atoms with Gasteiger partial charge in [-0.05, 0) is 12.0 Å². The molecule has 132 valence electrons. The molecule has 3 N–H and O–H groups in total. The molecule has 0 radical (unpaired) electrons. The van der Waals surface area contributed by atoms with E-state index in [4.69, 9.17) is 5.73 Å². The fourth-order valence-corrected chi connectivity index (χ4v) is 2.87. The van der Waals surface area contributed by atoms with Gasteiger partial charge in [0, 0.05) is 33.7 Å². The van der Waals surface area contributed by atoms with Gasteiger partial charge >= 0.3 is 5.69 Å². The number of aromatic nitrogens is 4. The first-order valence-electron chi connectivity index (χ1n) is 8.18. The van der Waals surface area contributed by atoms with Crippen LogP contribution in [0.15, 0.2) is 39.9 Å². The molecule has 0 saturated heterocycles. The zero-order chi connectivity index (χ0) is 18.0. The summed E-state index contributed by atoms with van der Waals surface area (Å²) >= 11 is 0. The SMILES string of the molecule is Cn1c(NCCN)nc2c1c(=O)n(CCc1ccccc1)c(=O)n2C. The highest BCUT2D eigenvalue weighted by atomic mass is 16.2. The Bertz CT molecular complexity index is 1000. The maximum absolute atomic E-state index is 12.9. The van der Waals surface area contributed by atoms with Gasteiger partial charge in [-0.15, -0.1) is 0 Å². The standard InChI is InChI=1S/C17H22N6O2/c1-21-13-14(20-16(21)19-10-9-18)22(2)17(25)23(15(13)24)11-8-12-6-4-3-5-7-12/h3-7H,8-11,18H2,1-2H3,(H,19,20). The van der Waals surface area contributed by atoms with Gasteiger partial charge in [-0.3, -0.25) is 13.9 Å². The highest BCUT2D eigenvalue weighted by molar-refractivity contribution is 5.74. The Hall–Kier alpha value is -2.87. The average molecular weight is 342 g/mol. The summed E-state index contributed by atoms with van der Waals surface area (Å²) in [6, 6.07) is 9.78. The number of rotatable bonds is 6. The van der Waals surface area contributed by atoms with Gasteiger partial charge in [0.1, 0.15) is 0 Å². The van der Waals surface area contributed by atoms with E-state index in [1.54, 1.807) is 18.7 Å².